The van der Waals surface area contributed by atoms with Crippen molar-refractivity contribution in [2.75, 3.05) is 19.7 Å². The van der Waals surface area contributed by atoms with E-state index in [2.05, 4.69) is 10.1 Å². The summed E-state index contributed by atoms with van der Waals surface area (Å²) in [6.45, 7) is 1.17. The molecule has 5 rings (SSSR count). The number of carbonyl (C=O) groups is 1. The summed E-state index contributed by atoms with van der Waals surface area (Å²) < 4.78 is 11.1. The van der Waals surface area contributed by atoms with Crippen molar-refractivity contribution in [2.24, 2.45) is 0 Å². The lowest BCUT2D eigenvalue weighted by Crippen LogP contribution is -2.50. The zero-order chi connectivity index (χ0) is 20.3. The van der Waals surface area contributed by atoms with E-state index in [-0.39, 0.29) is 18.4 Å². The van der Waals surface area contributed by atoms with Crippen molar-refractivity contribution in [2.45, 2.75) is 12.3 Å². The van der Waals surface area contributed by atoms with Crippen LogP contribution in [0.1, 0.15) is 23.2 Å². The minimum atomic E-state index is -0.0385. The SMILES string of the molecule is O=C(COc1ccc2ccccc2c1)N1CC(c2nc(Cc3ccccc3)no2)C1. The third kappa shape index (κ3) is 3.89. The fraction of sp³-hybridized carbons (Fsp3) is 0.208. The van der Waals surface area contributed by atoms with Gasteiger partial charge < -0.3 is 14.2 Å². The number of nitrogens with zero attached hydrogens (tertiary/aromatic N) is 3. The van der Waals surface area contributed by atoms with Crippen LogP contribution in [-0.4, -0.2) is 40.6 Å². The first-order valence-corrected chi connectivity index (χ1v) is 10.0. The first kappa shape index (κ1) is 18.4. The molecule has 0 radical (unpaired) electrons. The molecule has 1 amide bonds. The minimum absolute atomic E-state index is 0.0220. The van der Waals surface area contributed by atoms with E-state index < -0.39 is 0 Å². The molecule has 0 aliphatic carbocycles. The first-order valence-electron chi connectivity index (χ1n) is 10.0. The molecule has 0 spiro atoms. The summed E-state index contributed by atoms with van der Waals surface area (Å²) in [4.78, 5) is 18.7. The number of likely N-dealkylation sites (tertiary alicyclic amines) is 1. The van der Waals surface area contributed by atoms with Crippen molar-refractivity contribution < 1.29 is 14.1 Å². The van der Waals surface area contributed by atoms with Crippen molar-refractivity contribution >= 4 is 16.7 Å². The Hall–Kier alpha value is -3.67. The molecule has 30 heavy (non-hydrogen) atoms. The molecule has 0 saturated carbocycles. The summed E-state index contributed by atoms with van der Waals surface area (Å²) in [6, 6.07) is 23.9. The molecular formula is C24H21N3O3. The number of amides is 1. The highest BCUT2D eigenvalue weighted by Crippen LogP contribution is 2.26. The topological polar surface area (TPSA) is 68.5 Å². The van der Waals surface area contributed by atoms with Crippen molar-refractivity contribution in [1.82, 2.24) is 15.0 Å². The fourth-order valence-corrected chi connectivity index (χ4v) is 3.62. The Balaban J connectivity index is 1.12. The minimum Gasteiger partial charge on any atom is -0.484 e. The molecule has 6 heteroatoms. The maximum absolute atomic E-state index is 12.4. The van der Waals surface area contributed by atoms with E-state index in [9.17, 15) is 4.79 Å². The van der Waals surface area contributed by atoms with Gasteiger partial charge in [0.2, 0.25) is 5.89 Å². The van der Waals surface area contributed by atoms with Gasteiger partial charge in [-0.3, -0.25) is 4.79 Å². The van der Waals surface area contributed by atoms with Gasteiger partial charge in [0.25, 0.3) is 5.91 Å². The first-order chi connectivity index (χ1) is 14.7. The predicted octanol–water partition coefficient (Wildman–Crippen LogP) is 3.82. The summed E-state index contributed by atoms with van der Waals surface area (Å²) in [5.74, 6) is 2.01. The highest BCUT2D eigenvalue weighted by Gasteiger charge is 2.35. The average molecular weight is 399 g/mol. The van der Waals surface area contributed by atoms with E-state index in [0.29, 0.717) is 37.0 Å². The third-order valence-corrected chi connectivity index (χ3v) is 5.36. The van der Waals surface area contributed by atoms with Gasteiger partial charge in [0, 0.05) is 19.5 Å². The summed E-state index contributed by atoms with van der Waals surface area (Å²) >= 11 is 0. The Morgan fingerprint density at radius 3 is 2.60 bits per heavy atom. The lowest BCUT2D eigenvalue weighted by Gasteiger charge is -2.36. The second-order valence-corrected chi connectivity index (χ2v) is 7.50. The van der Waals surface area contributed by atoms with Crippen LogP contribution in [0.5, 0.6) is 5.75 Å². The van der Waals surface area contributed by atoms with Crippen molar-refractivity contribution in [3.8, 4) is 5.75 Å². The molecule has 1 aliphatic heterocycles. The second kappa shape index (κ2) is 7.99. The average Bonchev–Trinajstić information content (AvgIpc) is 3.19. The van der Waals surface area contributed by atoms with Gasteiger partial charge in [-0.05, 0) is 28.5 Å². The third-order valence-electron chi connectivity index (χ3n) is 5.36. The summed E-state index contributed by atoms with van der Waals surface area (Å²) in [6.07, 6.45) is 0.638. The van der Waals surface area contributed by atoms with E-state index in [1.165, 1.54) is 0 Å². The molecule has 0 atom stereocenters. The maximum Gasteiger partial charge on any atom is 0.260 e. The summed E-state index contributed by atoms with van der Waals surface area (Å²) in [7, 11) is 0. The lowest BCUT2D eigenvalue weighted by atomic mass is 10.0. The smallest absolute Gasteiger partial charge is 0.260 e. The molecular weight excluding hydrogens is 378 g/mol. The number of benzene rings is 3. The Morgan fingerprint density at radius 2 is 1.77 bits per heavy atom. The van der Waals surface area contributed by atoms with Crippen LogP contribution in [0.3, 0.4) is 0 Å². The Morgan fingerprint density at radius 1 is 1.00 bits per heavy atom. The predicted molar refractivity (Wildman–Crippen MR) is 112 cm³/mol. The van der Waals surface area contributed by atoms with Crippen molar-refractivity contribution in [3.05, 3.63) is 90.1 Å². The Labute approximate surface area is 174 Å². The fourth-order valence-electron chi connectivity index (χ4n) is 3.62. The van der Waals surface area contributed by atoms with E-state index in [0.717, 1.165) is 16.3 Å². The van der Waals surface area contributed by atoms with Crippen molar-refractivity contribution in [1.29, 1.82) is 0 Å². The van der Waals surface area contributed by atoms with Crippen LogP contribution in [0.25, 0.3) is 10.8 Å². The molecule has 1 aromatic heterocycles. The van der Waals surface area contributed by atoms with Crippen LogP contribution in [0.4, 0.5) is 0 Å². The quantitative estimate of drug-likeness (QED) is 0.493. The highest BCUT2D eigenvalue weighted by molar-refractivity contribution is 5.84. The number of carbonyl (C=O) groups excluding carboxylic acids is 1. The van der Waals surface area contributed by atoms with E-state index in [1.54, 1.807) is 4.90 Å². The molecule has 0 N–H and O–H groups in total. The number of rotatable bonds is 6. The number of hydrogen-bond acceptors (Lipinski definition) is 5. The second-order valence-electron chi connectivity index (χ2n) is 7.50. The van der Waals surface area contributed by atoms with Crippen molar-refractivity contribution in [3.63, 3.8) is 0 Å². The normalized spacial score (nSPS) is 13.9. The summed E-state index contributed by atoms with van der Waals surface area (Å²) in [5, 5.41) is 6.31. The molecule has 1 aliphatic rings. The van der Waals surface area contributed by atoms with Gasteiger partial charge in [-0.25, -0.2) is 0 Å². The zero-order valence-corrected chi connectivity index (χ0v) is 16.4. The summed E-state index contributed by atoms with van der Waals surface area (Å²) in [5.41, 5.74) is 1.14. The van der Waals surface area contributed by atoms with E-state index in [4.69, 9.17) is 9.26 Å². The molecule has 1 fully saturated rings. The molecule has 2 heterocycles. The number of aromatic nitrogens is 2. The van der Waals surface area contributed by atoms with Crippen LogP contribution in [0.2, 0.25) is 0 Å². The van der Waals surface area contributed by atoms with Gasteiger partial charge >= 0.3 is 0 Å². The Bertz CT molecular complexity index is 1170. The van der Waals surface area contributed by atoms with Gasteiger partial charge in [-0.15, -0.1) is 0 Å². The lowest BCUT2D eigenvalue weighted by molar-refractivity contribution is -0.138. The molecule has 6 nitrogen and oxygen atoms in total. The molecule has 0 bridgehead atoms. The van der Waals surface area contributed by atoms with Crippen LogP contribution < -0.4 is 4.74 Å². The van der Waals surface area contributed by atoms with Crippen LogP contribution in [0, 0.1) is 0 Å². The number of ether oxygens (including phenoxy) is 1. The van der Waals surface area contributed by atoms with Crippen LogP contribution in [0.15, 0.2) is 77.3 Å². The molecule has 3 aromatic carbocycles. The zero-order valence-electron chi connectivity index (χ0n) is 16.4. The van der Waals surface area contributed by atoms with Gasteiger partial charge in [0.15, 0.2) is 12.4 Å². The molecule has 150 valence electrons. The van der Waals surface area contributed by atoms with Gasteiger partial charge in [0.1, 0.15) is 5.75 Å². The van der Waals surface area contributed by atoms with E-state index in [1.807, 2.05) is 72.8 Å². The standard InChI is InChI=1S/C24H21N3O3/c28-23(16-29-21-11-10-18-8-4-5-9-19(18)13-21)27-14-20(15-27)24-25-22(26-30-24)12-17-6-2-1-3-7-17/h1-11,13,20H,12,14-16H2. The van der Waals surface area contributed by atoms with Gasteiger partial charge in [0.05, 0.1) is 5.92 Å². The molecule has 0 unspecified atom stereocenters. The monoisotopic (exact) mass is 399 g/mol. The van der Waals surface area contributed by atoms with Gasteiger partial charge in [-0.2, -0.15) is 4.98 Å². The number of hydrogen-bond donors (Lipinski definition) is 0. The van der Waals surface area contributed by atoms with Crippen LogP contribution >= 0.6 is 0 Å². The highest BCUT2D eigenvalue weighted by atomic mass is 16.5. The molecule has 1 saturated heterocycles. The van der Waals surface area contributed by atoms with Crippen LogP contribution in [-0.2, 0) is 11.2 Å². The maximum atomic E-state index is 12.4. The van der Waals surface area contributed by atoms with Gasteiger partial charge in [-0.1, -0.05) is 65.8 Å². The number of fused-ring (bicyclic) bond motifs is 1. The largest absolute Gasteiger partial charge is 0.484 e. The Kier molecular flexibility index (Phi) is 4.89. The molecule has 4 aromatic rings. The van der Waals surface area contributed by atoms with E-state index >= 15 is 0 Å².